The van der Waals surface area contributed by atoms with Crippen molar-refractivity contribution in [2.75, 3.05) is 19.7 Å². The lowest BCUT2D eigenvalue weighted by Crippen LogP contribution is -2.29. The van der Waals surface area contributed by atoms with E-state index in [1.165, 1.54) is 12.1 Å². The maximum absolute atomic E-state index is 13.9. The fourth-order valence-electron chi connectivity index (χ4n) is 1.71. The van der Waals surface area contributed by atoms with E-state index in [0.717, 1.165) is 18.5 Å². The molecule has 1 atom stereocenters. The molecule has 1 unspecified atom stereocenters. The van der Waals surface area contributed by atoms with Crippen molar-refractivity contribution in [3.8, 4) is 11.8 Å². The number of nitriles is 1. The molecule has 21 heavy (non-hydrogen) atoms. The molecule has 0 aliphatic rings. The van der Waals surface area contributed by atoms with Crippen LogP contribution in [0, 0.1) is 17.1 Å². The van der Waals surface area contributed by atoms with Crippen LogP contribution in [0.4, 0.5) is 4.39 Å². The van der Waals surface area contributed by atoms with Gasteiger partial charge in [-0.25, -0.2) is 4.39 Å². The quantitative estimate of drug-likeness (QED) is 0.718. The molecule has 5 nitrogen and oxygen atoms in total. The summed E-state index contributed by atoms with van der Waals surface area (Å²) in [6.07, 6.45) is 1.01. The molecule has 0 aliphatic heterocycles. The standard InChI is InChI=1S/C15H20FN3O2/c1-3-7-18-11(2)12-4-5-14(13(16)9-12)21-10-15(20)19-8-6-17/h4-5,9,11,18H,3,7-8,10H2,1-2H3,(H,19,20). The first-order valence-corrected chi connectivity index (χ1v) is 6.87. The Morgan fingerprint density at radius 3 is 2.90 bits per heavy atom. The Morgan fingerprint density at radius 1 is 1.52 bits per heavy atom. The van der Waals surface area contributed by atoms with Gasteiger partial charge in [-0.1, -0.05) is 13.0 Å². The Kier molecular flexibility index (Phi) is 7.19. The Morgan fingerprint density at radius 2 is 2.29 bits per heavy atom. The summed E-state index contributed by atoms with van der Waals surface area (Å²) in [5.74, 6) is -0.947. The highest BCUT2D eigenvalue weighted by atomic mass is 19.1. The number of nitrogens with one attached hydrogen (secondary N) is 2. The number of carbonyl (C=O) groups is 1. The SMILES string of the molecule is CCCNC(C)c1ccc(OCC(=O)NCC#N)c(F)c1. The molecule has 0 fully saturated rings. The number of rotatable bonds is 8. The van der Waals surface area contributed by atoms with Crippen LogP contribution in [0.15, 0.2) is 18.2 Å². The maximum atomic E-state index is 13.9. The first kappa shape index (κ1) is 16.9. The summed E-state index contributed by atoms with van der Waals surface area (Å²) in [6, 6.07) is 6.49. The van der Waals surface area contributed by atoms with Crippen molar-refractivity contribution in [3.05, 3.63) is 29.6 Å². The minimum absolute atomic E-state index is 0.0218. The van der Waals surface area contributed by atoms with Gasteiger partial charge in [0.15, 0.2) is 18.2 Å². The predicted octanol–water partition coefficient (Wildman–Crippen LogP) is 1.90. The molecule has 0 heterocycles. The molecular weight excluding hydrogens is 273 g/mol. The van der Waals surface area contributed by atoms with E-state index in [9.17, 15) is 9.18 Å². The van der Waals surface area contributed by atoms with Crippen LogP contribution in [0.2, 0.25) is 0 Å². The van der Waals surface area contributed by atoms with Crippen molar-refractivity contribution in [3.63, 3.8) is 0 Å². The van der Waals surface area contributed by atoms with E-state index in [2.05, 4.69) is 17.6 Å². The smallest absolute Gasteiger partial charge is 0.258 e. The molecule has 1 aromatic rings. The summed E-state index contributed by atoms with van der Waals surface area (Å²) in [4.78, 5) is 11.3. The van der Waals surface area contributed by atoms with Crippen LogP contribution in [0.25, 0.3) is 0 Å². The fourth-order valence-corrected chi connectivity index (χ4v) is 1.71. The Balaban J connectivity index is 2.58. The van der Waals surface area contributed by atoms with Gasteiger partial charge in [-0.05, 0) is 37.6 Å². The third-order valence-corrected chi connectivity index (χ3v) is 2.88. The number of carbonyl (C=O) groups excluding carboxylic acids is 1. The van der Waals surface area contributed by atoms with E-state index < -0.39 is 11.7 Å². The van der Waals surface area contributed by atoms with E-state index >= 15 is 0 Å². The fraction of sp³-hybridized carbons (Fsp3) is 0.467. The highest BCUT2D eigenvalue weighted by molar-refractivity contribution is 5.77. The molecular formula is C15H20FN3O2. The van der Waals surface area contributed by atoms with Gasteiger partial charge < -0.3 is 15.4 Å². The first-order chi connectivity index (χ1) is 10.1. The molecule has 0 bridgehead atoms. The lowest BCUT2D eigenvalue weighted by molar-refractivity contribution is -0.122. The Labute approximate surface area is 124 Å². The van der Waals surface area contributed by atoms with Gasteiger partial charge in [0.1, 0.15) is 6.54 Å². The monoisotopic (exact) mass is 293 g/mol. The molecule has 1 amide bonds. The molecule has 1 aromatic carbocycles. The second kappa shape index (κ2) is 8.93. The zero-order chi connectivity index (χ0) is 15.7. The van der Waals surface area contributed by atoms with Crippen molar-refractivity contribution < 1.29 is 13.9 Å². The molecule has 1 rings (SSSR count). The minimum atomic E-state index is -0.509. The summed E-state index contributed by atoms with van der Waals surface area (Å²) in [5.41, 5.74) is 0.822. The van der Waals surface area contributed by atoms with Crippen molar-refractivity contribution in [1.82, 2.24) is 10.6 Å². The maximum Gasteiger partial charge on any atom is 0.258 e. The third kappa shape index (κ3) is 5.79. The summed E-state index contributed by atoms with van der Waals surface area (Å²) in [7, 11) is 0. The normalized spacial score (nSPS) is 11.5. The van der Waals surface area contributed by atoms with Gasteiger partial charge in [-0.3, -0.25) is 4.79 Å². The number of nitrogens with zero attached hydrogens (tertiary/aromatic N) is 1. The van der Waals surface area contributed by atoms with Crippen molar-refractivity contribution in [2.24, 2.45) is 0 Å². The molecule has 6 heteroatoms. The van der Waals surface area contributed by atoms with Crippen LogP contribution in [0.1, 0.15) is 31.9 Å². The minimum Gasteiger partial charge on any atom is -0.481 e. The Hall–Kier alpha value is -2.13. The average molecular weight is 293 g/mol. The highest BCUT2D eigenvalue weighted by Crippen LogP contribution is 2.22. The first-order valence-electron chi connectivity index (χ1n) is 6.87. The summed E-state index contributed by atoms with van der Waals surface area (Å²) < 4.78 is 19.0. The van der Waals surface area contributed by atoms with Crippen molar-refractivity contribution in [2.45, 2.75) is 26.3 Å². The Bertz CT molecular complexity index is 514. The van der Waals surface area contributed by atoms with Gasteiger partial charge in [0.25, 0.3) is 5.91 Å². The van der Waals surface area contributed by atoms with E-state index in [0.29, 0.717) is 0 Å². The topological polar surface area (TPSA) is 74.2 Å². The van der Waals surface area contributed by atoms with Crippen LogP contribution in [-0.2, 0) is 4.79 Å². The number of halogens is 1. The average Bonchev–Trinajstić information content (AvgIpc) is 2.49. The lowest BCUT2D eigenvalue weighted by Gasteiger charge is -2.15. The van der Waals surface area contributed by atoms with E-state index in [1.54, 1.807) is 12.1 Å². The molecule has 2 N–H and O–H groups in total. The molecule has 114 valence electrons. The van der Waals surface area contributed by atoms with Gasteiger partial charge in [-0.15, -0.1) is 0 Å². The second-order valence-electron chi connectivity index (χ2n) is 4.59. The molecule has 0 saturated carbocycles. The van der Waals surface area contributed by atoms with E-state index in [1.807, 2.05) is 6.92 Å². The predicted molar refractivity (Wildman–Crippen MR) is 77.2 cm³/mol. The summed E-state index contributed by atoms with van der Waals surface area (Å²) >= 11 is 0. The third-order valence-electron chi connectivity index (χ3n) is 2.88. The summed E-state index contributed by atoms with van der Waals surface area (Å²) in [6.45, 7) is 4.47. The second-order valence-corrected chi connectivity index (χ2v) is 4.59. The van der Waals surface area contributed by atoms with Gasteiger partial charge in [-0.2, -0.15) is 5.26 Å². The molecule has 0 saturated heterocycles. The van der Waals surface area contributed by atoms with Crippen LogP contribution in [0.5, 0.6) is 5.75 Å². The van der Waals surface area contributed by atoms with Crippen molar-refractivity contribution in [1.29, 1.82) is 5.26 Å². The number of hydrogen-bond acceptors (Lipinski definition) is 4. The molecule has 0 aromatic heterocycles. The van der Waals surface area contributed by atoms with Gasteiger partial charge in [0, 0.05) is 6.04 Å². The van der Waals surface area contributed by atoms with Crippen LogP contribution >= 0.6 is 0 Å². The molecule has 0 spiro atoms. The van der Waals surface area contributed by atoms with Crippen LogP contribution in [-0.4, -0.2) is 25.6 Å². The van der Waals surface area contributed by atoms with Crippen LogP contribution < -0.4 is 15.4 Å². The zero-order valence-corrected chi connectivity index (χ0v) is 12.3. The highest BCUT2D eigenvalue weighted by Gasteiger charge is 2.10. The molecule has 0 radical (unpaired) electrons. The largest absolute Gasteiger partial charge is 0.481 e. The lowest BCUT2D eigenvalue weighted by atomic mass is 10.1. The van der Waals surface area contributed by atoms with Crippen LogP contribution in [0.3, 0.4) is 0 Å². The van der Waals surface area contributed by atoms with Crippen molar-refractivity contribution >= 4 is 5.91 Å². The number of benzene rings is 1. The number of ether oxygens (including phenoxy) is 1. The summed E-state index contributed by atoms with van der Waals surface area (Å²) in [5, 5.41) is 13.9. The zero-order valence-electron chi connectivity index (χ0n) is 12.3. The molecule has 0 aliphatic carbocycles. The van der Waals surface area contributed by atoms with E-state index in [4.69, 9.17) is 10.00 Å². The van der Waals surface area contributed by atoms with Gasteiger partial charge >= 0.3 is 0 Å². The number of amides is 1. The van der Waals surface area contributed by atoms with Gasteiger partial charge in [0.2, 0.25) is 0 Å². The van der Waals surface area contributed by atoms with Gasteiger partial charge in [0.05, 0.1) is 6.07 Å². The number of hydrogen-bond donors (Lipinski definition) is 2. The van der Waals surface area contributed by atoms with E-state index in [-0.39, 0.29) is 24.9 Å².